The van der Waals surface area contributed by atoms with Gasteiger partial charge >= 0.3 is 0 Å². The van der Waals surface area contributed by atoms with Crippen molar-refractivity contribution in [3.63, 3.8) is 0 Å². The molecule has 0 radical (unpaired) electrons. The fraction of sp³-hybridized carbons (Fsp3) is 0.409. The van der Waals surface area contributed by atoms with E-state index >= 15 is 0 Å². The van der Waals surface area contributed by atoms with Crippen LogP contribution in [0.15, 0.2) is 53.4 Å². The molecule has 1 aliphatic carbocycles. The molecule has 0 spiro atoms. The van der Waals surface area contributed by atoms with E-state index in [1.165, 1.54) is 37.7 Å². The van der Waals surface area contributed by atoms with Crippen LogP contribution in [0.3, 0.4) is 0 Å². The zero-order valence-corrected chi connectivity index (χ0v) is 16.7. The van der Waals surface area contributed by atoms with Crippen LogP contribution in [-0.2, 0) is 23.1 Å². The number of para-hydroxylation sites is 2. The van der Waals surface area contributed by atoms with E-state index in [-0.39, 0.29) is 0 Å². The molecule has 5 rings (SSSR count). The lowest BCUT2D eigenvalue weighted by molar-refractivity contribution is 0.339. The fourth-order valence-electron chi connectivity index (χ4n) is 4.65. The molecule has 1 saturated carbocycles. The second kappa shape index (κ2) is 7.01. The van der Waals surface area contributed by atoms with Crippen molar-refractivity contribution in [2.75, 3.05) is 6.54 Å². The molecule has 5 nitrogen and oxygen atoms in total. The number of hydrogen-bond donors (Lipinski definition) is 0. The predicted molar refractivity (Wildman–Crippen MR) is 110 cm³/mol. The van der Waals surface area contributed by atoms with E-state index in [2.05, 4.69) is 9.55 Å². The summed E-state index contributed by atoms with van der Waals surface area (Å²) < 4.78 is 30.1. The van der Waals surface area contributed by atoms with Crippen molar-refractivity contribution in [3.8, 4) is 0 Å². The lowest BCUT2D eigenvalue weighted by Gasteiger charge is -2.27. The van der Waals surface area contributed by atoms with Crippen LogP contribution in [0.4, 0.5) is 0 Å². The zero-order valence-electron chi connectivity index (χ0n) is 15.9. The number of imidazole rings is 1. The number of fused-ring (bicyclic) bond motifs is 3. The first-order chi connectivity index (χ1) is 13.6. The summed E-state index contributed by atoms with van der Waals surface area (Å²) in [4.78, 5) is 5.03. The molecular weight excluding hydrogens is 370 g/mol. The van der Waals surface area contributed by atoms with Crippen LogP contribution >= 0.6 is 0 Å². The average Bonchev–Trinajstić information content (AvgIpc) is 3.12. The van der Waals surface area contributed by atoms with Gasteiger partial charge in [-0.15, -0.1) is 0 Å². The summed E-state index contributed by atoms with van der Waals surface area (Å²) in [5.41, 5.74) is 3.28. The lowest BCUT2D eigenvalue weighted by Crippen LogP contribution is -2.38. The highest BCUT2D eigenvalue weighted by Crippen LogP contribution is 2.33. The molecule has 3 aromatic rings. The van der Waals surface area contributed by atoms with E-state index in [1.54, 1.807) is 16.4 Å². The van der Waals surface area contributed by atoms with Crippen molar-refractivity contribution in [2.24, 2.45) is 0 Å². The Bertz CT molecular complexity index is 1100. The van der Waals surface area contributed by atoms with Crippen molar-refractivity contribution >= 4 is 21.1 Å². The molecule has 28 heavy (non-hydrogen) atoms. The SMILES string of the molecule is O=S(=O)(c1ccc(C2CCCCC2)cc1)N1CCn2c(nc3ccccc32)C1. The van der Waals surface area contributed by atoms with Gasteiger partial charge in [-0.2, -0.15) is 4.31 Å². The third-order valence-corrected chi connectivity index (χ3v) is 8.08. The van der Waals surface area contributed by atoms with Gasteiger partial charge in [-0.3, -0.25) is 0 Å². The third kappa shape index (κ3) is 3.05. The van der Waals surface area contributed by atoms with Gasteiger partial charge in [0.2, 0.25) is 10.0 Å². The first-order valence-corrected chi connectivity index (χ1v) is 11.6. The first kappa shape index (κ1) is 17.9. The molecule has 0 saturated heterocycles. The van der Waals surface area contributed by atoms with Crippen LogP contribution in [-0.4, -0.2) is 28.8 Å². The Morgan fingerprint density at radius 1 is 0.893 bits per heavy atom. The molecule has 1 fully saturated rings. The monoisotopic (exact) mass is 395 g/mol. The Balaban J connectivity index is 1.39. The minimum atomic E-state index is -3.51. The van der Waals surface area contributed by atoms with Crippen molar-refractivity contribution in [1.29, 1.82) is 0 Å². The van der Waals surface area contributed by atoms with Gasteiger partial charge in [-0.1, -0.05) is 43.5 Å². The third-order valence-electron chi connectivity index (χ3n) is 6.22. The molecule has 0 amide bonds. The van der Waals surface area contributed by atoms with E-state index in [1.807, 2.05) is 36.4 Å². The van der Waals surface area contributed by atoms with Gasteiger partial charge in [-0.25, -0.2) is 13.4 Å². The normalized spacial score (nSPS) is 19.0. The molecule has 146 valence electrons. The maximum Gasteiger partial charge on any atom is 0.243 e. The van der Waals surface area contributed by atoms with E-state index in [0.717, 1.165) is 16.9 Å². The number of benzene rings is 2. The van der Waals surface area contributed by atoms with Gasteiger partial charge in [0.1, 0.15) is 5.82 Å². The Labute approximate surface area is 166 Å². The summed E-state index contributed by atoms with van der Waals surface area (Å²) in [6, 6.07) is 15.6. The van der Waals surface area contributed by atoms with E-state index in [9.17, 15) is 8.42 Å². The Hall–Kier alpha value is -2.18. The second-order valence-electron chi connectivity index (χ2n) is 7.91. The summed E-state index contributed by atoms with van der Waals surface area (Å²) in [5.74, 6) is 1.40. The molecular formula is C22H25N3O2S. The predicted octanol–water partition coefficient (Wildman–Crippen LogP) is 4.29. The van der Waals surface area contributed by atoms with Crippen molar-refractivity contribution in [1.82, 2.24) is 13.9 Å². The summed E-state index contributed by atoms with van der Waals surface area (Å²) in [7, 11) is -3.51. The van der Waals surface area contributed by atoms with Crippen molar-refractivity contribution < 1.29 is 8.42 Å². The highest BCUT2D eigenvalue weighted by Gasteiger charge is 2.30. The average molecular weight is 396 g/mol. The van der Waals surface area contributed by atoms with Crippen LogP contribution in [0, 0.1) is 0 Å². The molecule has 6 heteroatoms. The van der Waals surface area contributed by atoms with Crippen LogP contribution < -0.4 is 0 Å². The largest absolute Gasteiger partial charge is 0.326 e. The Morgan fingerprint density at radius 2 is 1.64 bits per heavy atom. The number of aromatic nitrogens is 2. The van der Waals surface area contributed by atoms with Crippen LogP contribution in [0.5, 0.6) is 0 Å². The van der Waals surface area contributed by atoms with Crippen molar-refractivity contribution in [3.05, 3.63) is 59.9 Å². The summed E-state index contributed by atoms with van der Waals surface area (Å²) in [6.07, 6.45) is 6.31. The Morgan fingerprint density at radius 3 is 2.43 bits per heavy atom. The van der Waals surface area contributed by atoms with Gasteiger partial charge in [0, 0.05) is 13.1 Å². The van der Waals surface area contributed by atoms with Gasteiger partial charge in [0.25, 0.3) is 0 Å². The quantitative estimate of drug-likeness (QED) is 0.665. The van der Waals surface area contributed by atoms with Crippen molar-refractivity contribution in [2.45, 2.75) is 56.0 Å². The highest BCUT2D eigenvalue weighted by molar-refractivity contribution is 7.89. The zero-order chi connectivity index (χ0) is 19.1. The number of sulfonamides is 1. The molecule has 0 unspecified atom stereocenters. The smallest absolute Gasteiger partial charge is 0.243 e. The molecule has 2 aromatic carbocycles. The number of rotatable bonds is 3. The van der Waals surface area contributed by atoms with Gasteiger partial charge in [-0.05, 0) is 48.6 Å². The maximum atomic E-state index is 13.2. The fourth-order valence-corrected chi connectivity index (χ4v) is 6.03. The standard InChI is InChI=1S/C22H25N3O2S/c26-28(27,19-12-10-18(11-13-19)17-6-2-1-3-7-17)24-14-15-25-21-9-5-4-8-20(21)23-22(25)16-24/h4-5,8-13,17H,1-3,6-7,14-16H2. The summed E-state index contributed by atoms with van der Waals surface area (Å²) in [6.45, 7) is 1.43. The van der Waals surface area contributed by atoms with Crippen LogP contribution in [0.2, 0.25) is 0 Å². The number of hydrogen-bond acceptors (Lipinski definition) is 3. The molecule has 2 aliphatic rings. The molecule has 1 aliphatic heterocycles. The Kier molecular flexibility index (Phi) is 4.48. The van der Waals surface area contributed by atoms with Crippen LogP contribution in [0.1, 0.15) is 49.4 Å². The summed E-state index contributed by atoms with van der Waals surface area (Å²) in [5, 5.41) is 0. The highest BCUT2D eigenvalue weighted by atomic mass is 32.2. The molecule has 0 atom stereocenters. The minimum Gasteiger partial charge on any atom is -0.326 e. The van der Waals surface area contributed by atoms with E-state index in [4.69, 9.17) is 0 Å². The van der Waals surface area contributed by atoms with Gasteiger partial charge in [0.15, 0.2) is 0 Å². The van der Waals surface area contributed by atoms with Gasteiger partial charge in [0.05, 0.1) is 22.5 Å². The second-order valence-corrected chi connectivity index (χ2v) is 9.85. The lowest BCUT2D eigenvalue weighted by atomic mass is 9.84. The maximum absolute atomic E-state index is 13.2. The molecule has 1 aromatic heterocycles. The molecule has 2 heterocycles. The van der Waals surface area contributed by atoms with E-state index in [0.29, 0.717) is 30.4 Å². The molecule has 0 N–H and O–H groups in total. The molecule has 0 bridgehead atoms. The van der Waals surface area contributed by atoms with Crippen LogP contribution in [0.25, 0.3) is 11.0 Å². The number of nitrogens with zero attached hydrogens (tertiary/aromatic N) is 3. The topological polar surface area (TPSA) is 55.2 Å². The van der Waals surface area contributed by atoms with Gasteiger partial charge < -0.3 is 4.57 Å². The van der Waals surface area contributed by atoms with E-state index < -0.39 is 10.0 Å². The first-order valence-electron chi connectivity index (χ1n) is 10.2. The summed E-state index contributed by atoms with van der Waals surface area (Å²) >= 11 is 0. The minimum absolute atomic E-state index is 0.321.